The van der Waals surface area contributed by atoms with E-state index in [1.165, 1.54) is 0 Å². The fourth-order valence-electron chi connectivity index (χ4n) is 2.53. The molecule has 0 bridgehead atoms. The second-order valence-electron chi connectivity index (χ2n) is 6.26. The van der Waals surface area contributed by atoms with Crippen LogP contribution in [-0.2, 0) is 6.42 Å². The zero-order valence-corrected chi connectivity index (χ0v) is 14.7. The first-order valence-corrected chi connectivity index (χ1v) is 8.18. The van der Waals surface area contributed by atoms with Gasteiger partial charge in [-0.15, -0.1) is 0 Å². The standard InChI is InChI=1S/C18H16ClF2N3O/c1-9(2)4-12-6-11(5-10(3)22-12)18-23-17(24-25-18)13-7-15(20)16(21)8-14(13)19/h5-9H,4H2,1-3H3. The third-order valence-electron chi connectivity index (χ3n) is 3.55. The summed E-state index contributed by atoms with van der Waals surface area (Å²) in [6.45, 7) is 6.11. The van der Waals surface area contributed by atoms with Crippen molar-refractivity contribution in [1.29, 1.82) is 0 Å². The highest BCUT2D eigenvalue weighted by molar-refractivity contribution is 6.33. The highest BCUT2D eigenvalue weighted by Crippen LogP contribution is 2.30. The summed E-state index contributed by atoms with van der Waals surface area (Å²) in [6, 6.07) is 5.55. The lowest BCUT2D eigenvalue weighted by Gasteiger charge is -2.06. The van der Waals surface area contributed by atoms with Gasteiger partial charge in [0.15, 0.2) is 11.6 Å². The summed E-state index contributed by atoms with van der Waals surface area (Å²) in [4.78, 5) is 8.76. The van der Waals surface area contributed by atoms with E-state index >= 15 is 0 Å². The second kappa shape index (κ2) is 6.88. The van der Waals surface area contributed by atoms with E-state index in [2.05, 4.69) is 29.0 Å². The zero-order chi connectivity index (χ0) is 18.1. The van der Waals surface area contributed by atoms with E-state index in [9.17, 15) is 8.78 Å². The highest BCUT2D eigenvalue weighted by Gasteiger charge is 2.17. The predicted octanol–water partition coefficient (Wildman–Crippen LogP) is 5.24. The molecular weight excluding hydrogens is 348 g/mol. The van der Waals surface area contributed by atoms with Gasteiger partial charge in [-0.05, 0) is 43.5 Å². The van der Waals surface area contributed by atoms with E-state index in [1.807, 2.05) is 19.1 Å². The summed E-state index contributed by atoms with van der Waals surface area (Å²) in [7, 11) is 0. The van der Waals surface area contributed by atoms with Crippen molar-refractivity contribution >= 4 is 11.6 Å². The molecule has 0 unspecified atom stereocenters. The van der Waals surface area contributed by atoms with Crippen LogP contribution in [0, 0.1) is 24.5 Å². The molecule has 0 amide bonds. The van der Waals surface area contributed by atoms with Crippen molar-refractivity contribution in [2.24, 2.45) is 5.92 Å². The Morgan fingerprint density at radius 1 is 1.08 bits per heavy atom. The van der Waals surface area contributed by atoms with Crippen molar-refractivity contribution < 1.29 is 13.3 Å². The van der Waals surface area contributed by atoms with E-state index in [0.717, 1.165) is 35.5 Å². The molecule has 0 aliphatic carbocycles. The second-order valence-corrected chi connectivity index (χ2v) is 6.66. The van der Waals surface area contributed by atoms with Crippen LogP contribution in [0.3, 0.4) is 0 Å². The van der Waals surface area contributed by atoms with Gasteiger partial charge in [-0.1, -0.05) is 30.6 Å². The minimum atomic E-state index is -1.03. The lowest BCUT2D eigenvalue weighted by molar-refractivity contribution is 0.432. The number of halogens is 3. The molecule has 3 aromatic rings. The van der Waals surface area contributed by atoms with Gasteiger partial charge in [-0.3, -0.25) is 4.98 Å². The van der Waals surface area contributed by atoms with Crippen LogP contribution >= 0.6 is 11.6 Å². The molecule has 0 saturated heterocycles. The molecule has 3 rings (SSSR count). The quantitative estimate of drug-likeness (QED) is 0.595. The van der Waals surface area contributed by atoms with Crippen molar-refractivity contribution in [2.45, 2.75) is 27.2 Å². The van der Waals surface area contributed by atoms with Crippen LogP contribution in [0.25, 0.3) is 22.8 Å². The molecule has 0 aliphatic heterocycles. The van der Waals surface area contributed by atoms with Gasteiger partial charge in [0.1, 0.15) is 0 Å². The smallest absolute Gasteiger partial charge is 0.258 e. The Bertz CT molecular complexity index is 925. The molecule has 2 heterocycles. The molecule has 0 N–H and O–H groups in total. The van der Waals surface area contributed by atoms with Crippen LogP contribution in [-0.4, -0.2) is 15.1 Å². The van der Waals surface area contributed by atoms with Crippen molar-refractivity contribution in [3.8, 4) is 22.8 Å². The van der Waals surface area contributed by atoms with Gasteiger partial charge in [-0.25, -0.2) is 8.78 Å². The van der Waals surface area contributed by atoms with Crippen molar-refractivity contribution in [3.05, 3.63) is 52.3 Å². The minimum Gasteiger partial charge on any atom is -0.334 e. The fourth-order valence-corrected chi connectivity index (χ4v) is 2.76. The van der Waals surface area contributed by atoms with Crippen LogP contribution in [0.15, 0.2) is 28.8 Å². The van der Waals surface area contributed by atoms with Crippen molar-refractivity contribution in [2.75, 3.05) is 0 Å². The normalized spacial score (nSPS) is 11.3. The van der Waals surface area contributed by atoms with Gasteiger partial charge in [0.2, 0.25) is 5.82 Å². The van der Waals surface area contributed by atoms with E-state index < -0.39 is 11.6 Å². The summed E-state index contributed by atoms with van der Waals surface area (Å²) < 4.78 is 32.0. The van der Waals surface area contributed by atoms with Crippen LogP contribution < -0.4 is 0 Å². The molecule has 0 saturated carbocycles. The van der Waals surface area contributed by atoms with Gasteiger partial charge in [-0.2, -0.15) is 4.98 Å². The maximum atomic E-state index is 13.5. The number of hydrogen-bond acceptors (Lipinski definition) is 4. The molecule has 0 atom stereocenters. The predicted molar refractivity (Wildman–Crippen MR) is 91.2 cm³/mol. The molecule has 7 heteroatoms. The van der Waals surface area contributed by atoms with Gasteiger partial charge < -0.3 is 4.52 Å². The Labute approximate surface area is 148 Å². The number of aromatic nitrogens is 3. The maximum absolute atomic E-state index is 13.5. The molecule has 0 fully saturated rings. The number of hydrogen-bond donors (Lipinski definition) is 0. The summed E-state index contributed by atoms with van der Waals surface area (Å²) in [5.74, 6) is -1.23. The van der Waals surface area contributed by atoms with Crippen LogP contribution in [0.2, 0.25) is 5.02 Å². The summed E-state index contributed by atoms with van der Waals surface area (Å²) in [6.07, 6.45) is 0.824. The molecular formula is C18H16ClF2N3O. The van der Waals surface area contributed by atoms with E-state index in [4.69, 9.17) is 16.1 Å². The number of pyridine rings is 1. The fraction of sp³-hybridized carbons (Fsp3) is 0.278. The Morgan fingerprint density at radius 3 is 2.52 bits per heavy atom. The Kier molecular flexibility index (Phi) is 4.81. The lowest BCUT2D eigenvalue weighted by atomic mass is 10.1. The number of rotatable bonds is 4. The van der Waals surface area contributed by atoms with Crippen LogP contribution in [0.1, 0.15) is 25.2 Å². The van der Waals surface area contributed by atoms with E-state index in [1.54, 1.807) is 0 Å². The van der Waals surface area contributed by atoms with Crippen LogP contribution in [0.4, 0.5) is 8.78 Å². The summed E-state index contributed by atoms with van der Waals surface area (Å²) in [5, 5.41) is 3.85. The summed E-state index contributed by atoms with van der Waals surface area (Å²) in [5.41, 5.74) is 2.65. The number of aryl methyl sites for hydroxylation is 1. The number of benzene rings is 1. The van der Waals surface area contributed by atoms with Crippen LogP contribution in [0.5, 0.6) is 0 Å². The van der Waals surface area contributed by atoms with Gasteiger partial charge >= 0.3 is 0 Å². The zero-order valence-electron chi connectivity index (χ0n) is 14.0. The highest BCUT2D eigenvalue weighted by atomic mass is 35.5. The molecule has 130 valence electrons. The van der Waals surface area contributed by atoms with E-state index in [0.29, 0.717) is 5.92 Å². The average Bonchev–Trinajstić information content (AvgIpc) is 2.99. The van der Waals surface area contributed by atoms with E-state index in [-0.39, 0.29) is 22.3 Å². The molecule has 0 radical (unpaired) electrons. The van der Waals surface area contributed by atoms with Gasteiger partial charge in [0.25, 0.3) is 5.89 Å². The summed E-state index contributed by atoms with van der Waals surface area (Å²) >= 11 is 5.96. The lowest BCUT2D eigenvalue weighted by Crippen LogP contribution is -1.99. The topological polar surface area (TPSA) is 51.8 Å². The first-order valence-electron chi connectivity index (χ1n) is 7.80. The molecule has 4 nitrogen and oxygen atoms in total. The van der Waals surface area contributed by atoms with Gasteiger partial charge in [0, 0.05) is 22.5 Å². The molecule has 1 aromatic carbocycles. The SMILES string of the molecule is Cc1cc(-c2nc(-c3cc(F)c(F)cc3Cl)no2)cc(CC(C)C)n1. The molecule has 0 spiro atoms. The minimum absolute atomic E-state index is 0.0117. The Balaban J connectivity index is 1.99. The molecule has 2 aromatic heterocycles. The largest absolute Gasteiger partial charge is 0.334 e. The first-order chi connectivity index (χ1) is 11.8. The van der Waals surface area contributed by atoms with Gasteiger partial charge in [0.05, 0.1) is 5.02 Å². The Morgan fingerprint density at radius 2 is 1.80 bits per heavy atom. The third kappa shape index (κ3) is 3.85. The van der Waals surface area contributed by atoms with Crippen molar-refractivity contribution in [1.82, 2.24) is 15.1 Å². The first kappa shape index (κ1) is 17.5. The molecule has 25 heavy (non-hydrogen) atoms. The number of nitrogens with zero attached hydrogens (tertiary/aromatic N) is 3. The monoisotopic (exact) mass is 363 g/mol. The van der Waals surface area contributed by atoms with Crippen molar-refractivity contribution in [3.63, 3.8) is 0 Å². The molecule has 0 aliphatic rings. The third-order valence-corrected chi connectivity index (χ3v) is 3.86. The average molecular weight is 364 g/mol. The maximum Gasteiger partial charge on any atom is 0.258 e. The Hall–Kier alpha value is -2.34.